The van der Waals surface area contributed by atoms with Crippen LogP contribution in [0.1, 0.15) is 27.7 Å². The van der Waals surface area contributed by atoms with Gasteiger partial charge in [-0.25, -0.2) is 0 Å². The van der Waals surface area contributed by atoms with E-state index in [2.05, 4.69) is 5.32 Å². The Bertz CT molecular complexity index is 46.2. The summed E-state index contributed by atoms with van der Waals surface area (Å²) in [6.07, 6.45) is -0.245. The topological polar surface area (TPSA) is 32.3 Å². The molecule has 0 aliphatic carbocycles. The lowest BCUT2D eigenvalue weighted by Gasteiger charge is -2.11. The van der Waals surface area contributed by atoms with E-state index in [4.69, 9.17) is 5.11 Å². The molecule has 0 fully saturated rings. The Hall–Kier alpha value is -0.0800. The highest BCUT2D eigenvalue weighted by atomic mass is 16.3. The molecule has 0 saturated carbocycles. The summed E-state index contributed by atoms with van der Waals surface area (Å²) in [7, 11) is 1.83. The minimum absolute atomic E-state index is 0.208. The maximum Gasteiger partial charge on any atom is 0.0662 e. The van der Waals surface area contributed by atoms with E-state index in [0.717, 1.165) is 0 Å². The zero-order chi connectivity index (χ0) is 7.86. The first kappa shape index (κ1) is 11.7. The highest BCUT2D eigenvalue weighted by molar-refractivity contribution is 4.61. The van der Waals surface area contributed by atoms with Crippen molar-refractivity contribution in [3.63, 3.8) is 0 Å². The van der Waals surface area contributed by atoms with E-state index in [9.17, 15) is 0 Å². The van der Waals surface area contributed by atoms with E-state index >= 15 is 0 Å². The predicted octanol–water partition coefficient (Wildman–Crippen LogP) is 1.00. The maximum atomic E-state index is 8.76. The Balaban J connectivity index is 0. The van der Waals surface area contributed by atoms with E-state index in [-0.39, 0.29) is 12.1 Å². The fraction of sp³-hybridized carbons (Fsp3) is 1.00. The van der Waals surface area contributed by atoms with Crippen LogP contribution < -0.4 is 5.32 Å². The van der Waals surface area contributed by atoms with Gasteiger partial charge >= 0.3 is 0 Å². The van der Waals surface area contributed by atoms with Crippen molar-refractivity contribution in [3.8, 4) is 0 Å². The normalized spacial score (nSPS) is 15.3. The van der Waals surface area contributed by atoms with E-state index in [0.29, 0.717) is 0 Å². The molecule has 2 unspecified atom stereocenters. The van der Waals surface area contributed by atoms with Gasteiger partial charge < -0.3 is 10.4 Å². The molecule has 0 rings (SSSR count). The Morgan fingerprint density at radius 3 is 1.56 bits per heavy atom. The van der Waals surface area contributed by atoms with Crippen LogP contribution in [0, 0.1) is 0 Å². The zero-order valence-corrected chi connectivity index (χ0v) is 7.10. The second kappa shape index (κ2) is 7.92. The maximum absolute atomic E-state index is 8.76. The van der Waals surface area contributed by atoms with Crippen molar-refractivity contribution in [2.75, 3.05) is 7.05 Å². The molecule has 0 aliphatic heterocycles. The van der Waals surface area contributed by atoms with Gasteiger partial charge in [-0.3, -0.25) is 0 Å². The second-order valence-electron chi connectivity index (χ2n) is 1.82. The molecule has 0 aromatic heterocycles. The average Bonchev–Trinajstić information content (AvgIpc) is 1.91. The summed E-state index contributed by atoms with van der Waals surface area (Å²) in [6.45, 7) is 7.70. The first-order valence-corrected chi connectivity index (χ1v) is 3.53. The highest BCUT2D eigenvalue weighted by Crippen LogP contribution is 1.86. The first-order chi connectivity index (χ1) is 4.18. The molecule has 2 N–H and O–H groups in total. The lowest BCUT2D eigenvalue weighted by molar-refractivity contribution is 0.157. The summed E-state index contributed by atoms with van der Waals surface area (Å²) in [5, 5.41) is 11.7. The van der Waals surface area contributed by atoms with Gasteiger partial charge in [-0.15, -0.1) is 0 Å². The zero-order valence-electron chi connectivity index (χ0n) is 7.10. The van der Waals surface area contributed by atoms with Gasteiger partial charge in [-0.1, -0.05) is 13.8 Å². The molecule has 0 aromatic rings. The summed E-state index contributed by atoms with van der Waals surface area (Å²) >= 11 is 0. The van der Waals surface area contributed by atoms with Gasteiger partial charge in [0.15, 0.2) is 0 Å². The van der Waals surface area contributed by atoms with Crippen LogP contribution in [0.25, 0.3) is 0 Å². The summed E-state index contributed by atoms with van der Waals surface area (Å²) in [5.74, 6) is 0. The van der Waals surface area contributed by atoms with Crippen molar-refractivity contribution in [2.45, 2.75) is 39.8 Å². The van der Waals surface area contributed by atoms with Gasteiger partial charge in [0.25, 0.3) is 0 Å². The Labute approximate surface area is 58.3 Å². The van der Waals surface area contributed by atoms with Gasteiger partial charge in [0.1, 0.15) is 0 Å². The summed E-state index contributed by atoms with van der Waals surface area (Å²) in [6, 6.07) is 0.208. The lowest BCUT2D eigenvalue weighted by atomic mass is 10.2. The second-order valence-corrected chi connectivity index (χ2v) is 1.82. The number of likely N-dealkylation sites (N-methyl/N-ethyl adjacent to an activating group) is 1. The minimum atomic E-state index is -0.245. The number of aliphatic hydroxyl groups excluding tert-OH is 1. The molecule has 0 bridgehead atoms. The minimum Gasteiger partial charge on any atom is -0.392 e. The van der Waals surface area contributed by atoms with Crippen molar-refractivity contribution in [1.82, 2.24) is 5.32 Å². The van der Waals surface area contributed by atoms with Crippen LogP contribution >= 0.6 is 0 Å². The molecule has 58 valence electrons. The molecule has 0 radical (unpaired) electrons. The standard InChI is InChI=1S/C5H13NO.C2H6/c1-4(6-3)5(2)7;1-2/h4-7H,1-3H3;1-2H3. The molecule has 0 saturated heterocycles. The number of aliphatic hydroxyl groups is 1. The molecule has 0 spiro atoms. The third-order valence-corrected chi connectivity index (χ3v) is 1.18. The van der Waals surface area contributed by atoms with Gasteiger partial charge in [0.05, 0.1) is 6.10 Å². The third-order valence-electron chi connectivity index (χ3n) is 1.18. The van der Waals surface area contributed by atoms with E-state index in [1.165, 1.54) is 0 Å². The number of hydrogen-bond donors (Lipinski definition) is 2. The van der Waals surface area contributed by atoms with Crippen molar-refractivity contribution < 1.29 is 5.11 Å². The van der Waals surface area contributed by atoms with E-state index in [1.807, 2.05) is 27.8 Å². The molecule has 2 nitrogen and oxygen atoms in total. The van der Waals surface area contributed by atoms with Crippen LogP contribution in [0.15, 0.2) is 0 Å². The SMILES string of the molecule is CC.CNC(C)C(C)O. The average molecular weight is 133 g/mol. The smallest absolute Gasteiger partial charge is 0.0662 e. The van der Waals surface area contributed by atoms with E-state index in [1.54, 1.807) is 6.92 Å². The fourth-order valence-electron chi connectivity index (χ4n) is 0.241. The molecule has 0 heterocycles. The monoisotopic (exact) mass is 133 g/mol. The van der Waals surface area contributed by atoms with Crippen LogP contribution in [-0.4, -0.2) is 24.3 Å². The van der Waals surface area contributed by atoms with Gasteiger partial charge in [0.2, 0.25) is 0 Å². The van der Waals surface area contributed by atoms with Crippen LogP contribution in [-0.2, 0) is 0 Å². The molecule has 0 aliphatic rings. The molecule has 0 amide bonds. The number of nitrogens with one attached hydrogen (secondary N) is 1. The fourth-order valence-corrected chi connectivity index (χ4v) is 0.241. The third kappa shape index (κ3) is 7.92. The molecule has 9 heavy (non-hydrogen) atoms. The van der Waals surface area contributed by atoms with Crippen LogP contribution in [0.2, 0.25) is 0 Å². The summed E-state index contributed by atoms with van der Waals surface area (Å²) in [5.41, 5.74) is 0. The van der Waals surface area contributed by atoms with Crippen LogP contribution in [0.5, 0.6) is 0 Å². The van der Waals surface area contributed by atoms with Crippen molar-refractivity contribution in [1.29, 1.82) is 0 Å². The van der Waals surface area contributed by atoms with Gasteiger partial charge in [-0.2, -0.15) is 0 Å². The van der Waals surface area contributed by atoms with Crippen molar-refractivity contribution in [2.24, 2.45) is 0 Å². The number of hydrogen-bond acceptors (Lipinski definition) is 2. The van der Waals surface area contributed by atoms with Gasteiger partial charge in [-0.05, 0) is 20.9 Å². The van der Waals surface area contributed by atoms with E-state index < -0.39 is 0 Å². The molecule has 2 atom stereocenters. The first-order valence-electron chi connectivity index (χ1n) is 3.53. The summed E-state index contributed by atoms with van der Waals surface area (Å²) in [4.78, 5) is 0. The predicted molar refractivity (Wildman–Crippen MR) is 41.6 cm³/mol. The Kier molecular flexibility index (Phi) is 10.3. The Morgan fingerprint density at radius 2 is 1.56 bits per heavy atom. The van der Waals surface area contributed by atoms with Gasteiger partial charge in [0, 0.05) is 6.04 Å². The Morgan fingerprint density at radius 1 is 1.22 bits per heavy atom. The highest BCUT2D eigenvalue weighted by Gasteiger charge is 2.02. The van der Waals surface area contributed by atoms with Crippen LogP contribution in [0.4, 0.5) is 0 Å². The van der Waals surface area contributed by atoms with Crippen molar-refractivity contribution >= 4 is 0 Å². The largest absolute Gasteiger partial charge is 0.392 e. The van der Waals surface area contributed by atoms with Crippen LogP contribution in [0.3, 0.4) is 0 Å². The lowest BCUT2D eigenvalue weighted by Crippen LogP contribution is -2.32. The molecular formula is C7H19NO. The molecule has 2 heteroatoms. The van der Waals surface area contributed by atoms with Crippen molar-refractivity contribution in [3.05, 3.63) is 0 Å². The quantitative estimate of drug-likeness (QED) is 0.589. The molecule has 0 aromatic carbocycles. The molecular weight excluding hydrogens is 114 g/mol. The number of rotatable bonds is 2. The summed E-state index contributed by atoms with van der Waals surface area (Å²) < 4.78 is 0.